The second-order valence-corrected chi connectivity index (χ2v) is 7.59. The Morgan fingerprint density at radius 3 is 2.12 bits per heavy atom. The van der Waals surface area contributed by atoms with E-state index in [1.165, 1.54) is 13.0 Å². The number of nitro groups is 1. The van der Waals surface area contributed by atoms with Crippen LogP contribution in [0.3, 0.4) is 0 Å². The Kier molecular flexibility index (Phi) is 6.35. The molecule has 0 fully saturated rings. The fourth-order valence-electron chi connectivity index (χ4n) is 2.43. The van der Waals surface area contributed by atoms with Gasteiger partial charge < -0.3 is 14.2 Å². The van der Waals surface area contributed by atoms with Crippen molar-refractivity contribution in [3.05, 3.63) is 33.4 Å². The molecule has 8 nitrogen and oxygen atoms in total. The van der Waals surface area contributed by atoms with E-state index >= 15 is 0 Å². The Hall–Kier alpha value is -2.64. The van der Waals surface area contributed by atoms with Gasteiger partial charge in [0.2, 0.25) is 0 Å². The minimum absolute atomic E-state index is 0.00583. The molecule has 1 aromatic rings. The van der Waals surface area contributed by atoms with E-state index in [9.17, 15) is 19.7 Å². The first-order valence-electron chi connectivity index (χ1n) is 8.02. The van der Waals surface area contributed by atoms with Gasteiger partial charge >= 0.3 is 12.1 Å². The second kappa shape index (κ2) is 7.72. The number of nitro benzene ring substituents is 1. The van der Waals surface area contributed by atoms with E-state index in [0.29, 0.717) is 11.1 Å². The number of benzene rings is 1. The molecule has 0 heterocycles. The van der Waals surface area contributed by atoms with Crippen LogP contribution in [0.15, 0.2) is 12.1 Å². The highest BCUT2D eigenvalue weighted by Gasteiger charge is 2.34. The maximum Gasteiger partial charge on any atom is 0.513 e. The molecule has 8 heteroatoms. The summed E-state index contributed by atoms with van der Waals surface area (Å²) >= 11 is 0. The number of esters is 1. The zero-order valence-electron chi connectivity index (χ0n) is 16.2. The summed E-state index contributed by atoms with van der Waals surface area (Å²) in [5.74, 6) is -0.458. The van der Waals surface area contributed by atoms with Gasteiger partial charge in [0.1, 0.15) is 12.4 Å². The molecule has 0 aliphatic heterocycles. The molecule has 0 saturated heterocycles. The first kappa shape index (κ1) is 21.4. The molecule has 0 amide bonds. The zero-order valence-corrected chi connectivity index (χ0v) is 16.2. The summed E-state index contributed by atoms with van der Waals surface area (Å²) in [6.45, 7) is 10.4. The van der Waals surface area contributed by atoms with Crippen LogP contribution in [0, 0.1) is 10.1 Å². The molecule has 0 saturated carbocycles. The molecule has 1 rings (SSSR count). The lowest BCUT2D eigenvalue weighted by Gasteiger charge is -2.29. The van der Waals surface area contributed by atoms with Crippen molar-refractivity contribution in [1.82, 2.24) is 0 Å². The zero-order chi connectivity index (χ0) is 20.3. The van der Waals surface area contributed by atoms with Crippen LogP contribution in [-0.4, -0.2) is 30.8 Å². The standard InChI is InChI=1S/C18H25NO7/c1-11(20)25-10-18(5,6)13-8-12(17(2,3)4)14(19(22)23)9-15(13)26-16(21)24-7/h8-9H,10H2,1-7H3. The highest BCUT2D eigenvalue weighted by atomic mass is 16.7. The average molecular weight is 367 g/mol. The van der Waals surface area contributed by atoms with Gasteiger partial charge in [-0.25, -0.2) is 4.79 Å². The van der Waals surface area contributed by atoms with Crippen molar-refractivity contribution >= 4 is 17.8 Å². The third kappa shape index (κ3) is 5.18. The van der Waals surface area contributed by atoms with Gasteiger partial charge in [-0.3, -0.25) is 14.9 Å². The number of ether oxygens (including phenoxy) is 3. The van der Waals surface area contributed by atoms with Crippen LogP contribution in [0.25, 0.3) is 0 Å². The largest absolute Gasteiger partial charge is 0.513 e. The summed E-state index contributed by atoms with van der Waals surface area (Å²) < 4.78 is 14.7. The normalized spacial score (nSPS) is 11.7. The summed E-state index contributed by atoms with van der Waals surface area (Å²) in [6, 6.07) is 2.84. The molecule has 0 aliphatic carbocycles. The Bertz CT molecular complexity index is 717. The third-order valence-electron chi connectivity index (χ3n) is 3.83. The molecule has 0 aliphatic rings. The number of hydrogen-bond donors (Lipinski definition) is 0. The van der Waals surface area contributed by atoms with Gasteiger partial charge in [-0.05, 0) is 11.5 Å². The quantitative estimate of drug-likeness (QED) is 0.336. The lowest BCUT2D eigenvalue weighted by atomic mass is 9.78. The van der Waals surface area contributed by atoms with E-state index < -0.39 is 27.9 Å². The average Bonchev–Trinajstić information content (AvgIpc) is 2.51. The predicted octanol–water partition coefficient (Wildman–Crippen LogP) is 3.88. The van der Waals surface area contributed by atoms with Gasteiger partial charge in [0.15, 0.2) is 0 Å². The van der Waals surface area contributed by atoms with Crippen LogP contribution in [-0.2, 0) is 25.1 Å². The van der Waals surface area contributed by atoms with Crippen molar-refractivity contribution < 1.29 is 28.7 Å². The Morgan fingerprint density at radius 1 is 1.12 bits per heavy atom. The highest BCUT2D eigenvalue weighted by Crippen LogP contribution is 2.41. The summed E-state index contributed by atoms with van der Waals surface area (Å²) in [7, 11) is 1.14. The van der Waals surface area contributed by atoms with Crippen LogP contribution >= 0.6 is 0 Å². The number of methoxy groups -OCH3 is 1. The van der Waals surface area contributed by atoms with Gasteiger partial charge in [-0.1, -0.05) is 34.6 Å². The van der Waals surface area contributed by atoms with Crippen LogP contribution in [0.1, 0.15) is 52.7 Å². The van der Waals surface area contributed by atoms with Gasteiger partial charge in [-0.2, -0.15) is 0 Å². The van der Waals surface area contributed by atoms with E-state index in [4.69, 9.17) is 9.47 Å². The van der Waals surface area contributed by atoms with Gasteiger partial charge in [0.05, 0.1) is 18.1 Å². The van der Waals surface area contributed by atoms with Crippen LogP contribution in [0.5, 0.6) is 5.75 Å². The molecule has 0 aromatic heterocycles. The topological polar surface area (TPSA) is 105 Å². The van der Waals surface area contributed by atoms with Crippen LogP contribution in [0.4, 0.5) is 10.5 Å². The fourth-order valence-corrected chi connectivity index (χ4v) is 2.43. The van der Waals surface area contributed by atoms with E-state index in [0.717, 1.165) is 7.11 Å². The lowest BCUT2D eigenvalue weighted by molar-refractivity contribution is -0.386. The number of rotatable bonds is 5. The Labute approximate surface area is 152 Å². The molecule has 26 heavy (non-hydrogen) atoms. The first-order chi connectivity index (χ1) is 11.8. The number of carbonyl (C=O) groups is 2. The summed E-state index contributed by atoms with van der Waals surface area (Å²) in [5, 5.41) is 11.5. The monoisotopic (exact) mass is 367 g/mol. The number of hydrogen-bond acceptors (Lipinski definition) is 7. The molecular weight excluding hydrogens is 342 g/mol. The van der Waals surface area contributed by atoms with Crippen molar-refractivity contribution in [1.29, 1.82) is 0 Å². The second-order valence-electron chi connectivity index (χ2n) is 7.59. The molecule has 0 atom stereocenters. The number of nitrogens with zero attached hydrogens (tertiary/aromatic N) is 1. The molecular formula is C18H25NO7. The van der Waals surface area contributed by atoms with Gasteiger partial charge in [-0.15, -0.1) is 0 Å². The molecule has 0 spiro atoms. The predicted molar refractivity (Wildman–Crippen MR) is 94.5 cm³/mol. The van der Waals surface area contributed by atoms with Crippen molar-refractivity contribution in [2.75, 3.05) is 13.7 Å². The molecule has 144 valence electrons. The lowest BCUT2D eigenvalue weighted by Crippen LogP contribution is -2.28. The van der Waals surface area contributed by atoms with E-state index in [2.05, 4.69) is 4.74 Å². The minimum Gasteiger partial charge on any atom is -0.465 e. The summed E-state index contributed by atoms with van der Waals surface area (Å²) in [5.41, 5.74) is -0.475. The van der Waals surface area contributed by atoms with E-state index in [-0.39, 0.29) is 18.0 Å². The Balaban J connectivity index is 3.64. The highest BCUT2D eigenvalue weighted by molar-refractivity contribution is 5.67. The maximum atomic E-state index is 11.6. The molecule has 0 N–H and O–H groups in total. The Morgan fingerprint density at radius 2 is 1.69 bits per heavy atom. The van der Waals surface area contributed by atoms with Crippen LogP contribution < -0.4 is 4.74 Å². The molecule has 0 radical (unpaired) electrons. The van der Waals surface area contributed by atoms with Crippen molar-refractivity contribution in [3.63, 3.8) is 0 Å². The smallest absolute Gasteiger partial charge is 0.465 e. The summed E-state index contributed by atoms with van der Waals surface area (Å²) in [6.07, 6.45) is -0.993. The maximum absolute atomic E-state index is 11.6. The van der Waals surface area contributed by atoms with Crippen LogP contribution in [0.2, 0.25) is 0 Å². The minimum atomic E-state index is -0.993. The SMILES string of the molecule is COC(=O)Oc1cc([N+](=O)[O-])c(C(C)(C)C)cc1C(C)(C)COC(C)=O. The summed E-state index contributed by atoms with van der Waals surface area (Å²) in [4.78, 5) is 33.8. The van der Waals surface area contributed by atoms with E-state index in [1.54, 1.807) is 19.9 Å². The van der Waals surface area contributed by atoms with Gasteiger partial charge in [0.25, 0.3) is 5.69 Å². The van der Waals surface area contributed by atoms with Crippen molar-refractivity contribution in [3.8, 4) is 5.75 Å². The van der Waals surface area contributed by atoms with Crippen molar-refractivity contribution in [2.45, 2.75) is 52.4 Å². The number of carbonyl (C=O) groups excluding carboxylic acids is 2. The van der Waals surface area contributed by atoms with E-state index in [1.807, 2.05) is 20.8 Å². The first-order valence-corrected chi connectivity index (χ1v) is 8.02. The molecule has 1 aromatic carbocycles. The van der Waals surface area contributed by atoms with Gasteiger partial charge in [0, 0.05) is 23.5 Å². The molecule has 0 unspecified atom stereocenters. The van der Waals surface area contributed by atoms with Crippen molar-refractivity contribution in [2.24, 2.45) is 0 Å². The molecule has 0 bridgehead atoms. The third-order valence-corrected chi connectivity index (χ3v) is 3.83. The fraction of sp³-hybridized carbons (Fsp3) is 0.556.